The lowest BCUT2D eigenvalue weighted by molar-refractivity contribution is -0.385. The molecule has 0 spiro atoms. The average molecular weight is 356 g/mol. The summed E-state index contributed by atoms with van der Waals surface area (Å²) in [5, 5.41) is 23.8. The van der Waals surface area contributed by atoms with Gasteiger partial charge >= 0.3 is 5.69 Å². The highest BCUT2D eigenvalue weighted by Gasteiger charge is 2.35. The second-order valence-corrected chi connectivity index (χ2v) is 6.37. The number of nitro groups is 1. The van der Waals surface area contributed by atoms with E-state index in [0.29, 0.717) is 19.8 Å². The first-order valence-corrected chi connectivity index (χ1v) is 8.41. The van der Waals surface area contributed by atoms with Gasteiger partial charge in [-0.05, 0) is 24.5 Å². The summed E-state index contributed by atoms with van der Waals surface area (Å²) in [5.41, 5.74) is 0.272. The molecule has 1 fully saturated rings. The van der Waals surface area contributed by atoms with Crippen molar-refractivity contribution >= 4 is 11.6 Å². The van der Waals surface area contributed by atoms with E-state index < -0.39 is 22.3 Å². The number of rotatable bonds is 5. The van der Waals surface area contributed by atoms with E-state index in [0.717, 1.165) is 24.5 Å². The van der Waals surface area contributed by atoms with Crippen molar-refractivity contribution in [1.82, 2.24) is 5.32 Å². The van der Waals surface area contributed by atoms with Crippen LogP contribution in [0.2, 0.25) is 0 Å². The van der Waals surface area contributed by atoms with Gasteiger partial charge in [0.05, 0.1) is 10.5 Å². The van der Waals surface area contributed by atoms with Crippen LogP contribution in [-0.2, 0) is 10.2 Å². The van der Waals surface area contributed by atoms with Crippen molar-refractivity contribution in [2.75, 3.05) is 19.8 Å². The Morgan fingerprint density at radius 2 is 1.85 bits per heavy atom. The number of ether oxygens (including phenoxy) is 1. The summed E-state index contributed by atoms with van der Waals surface area (Å²) in [4.78, 5) is 22.8. The lowest BCUT2D eigenvalue weighted by atomic mass is 9.74. The third kappa shape index (κ3) is 3.52. The maximum atomic E-state index is 12.5. The maximum Gasteiger partial charge on any atom is 0.311 e. The topological polar surface area (TPSA) is 102 Å². The molecule has 7 nitrogen and oxygen atoms in total. The van der Waals surface area contributed by atoms with E-state index >= 15 is 0 Å². The third-order valence-corrected chi connectivity index (χ3v) is 4.88. The van der Waals surface area contributed by atoms with Crippen LogP contribution < -0.4 is 5.32 Å². The molecule has 1 aliphatic rings. The van der Waals surface area contributed by atoms with Crippen molar-refractivity contribution in [3.05, 3.63) is 69.8 Å². The molecule has 0 atom stereocenters. The van der Waals surface area contributed by atoms with Crippen molar-refractivity contribution in [2.24, 2.45) is 0 Å². The summed E-state index contributed by atoms with van der Waals surface area (Å²) in [6.07, 6.45) is 1.52. The molecule has 0 bridgehead atoms. The number of hydrogen-bond donors (Lipinski definition) is 2. The number of nitro benzene ring substituents is 1. The van der Waals surface area contributed by atoms with Gasteiger partial charge in [-0.2, -0.15) is 0 Å². The smallest absolute Gasteiger partial charge is 0.311 e. The average Bonchev–Trinajstić information content (AvgIpc) is 2.67. The predicted molar refractivity (Wildman–Crippen MR) is 95.3 cm³/mol. The molecule has 0 unspecified atom stereocenters. The number of phenolic OH excluding ortho intramolecular Hbond substituents is 1. The third-order valence-electron chi connectivity index (χ3n) is 4.88. The number of hydrogen-bond acceptors (Lipinski definition) is 5. The minimum Gasteiger partial charge on any atom is -0.502 e. The Morgan fingerprint density at radius 1 is 1.15 bits per heavy atom. The second-order valence-electron chi connectivity index (χ2n) is 6.37. The monoisotopic (exact) mass is 356 g/mol. The molecule has 0 saturated carbocycles. The number of para-hydroxylation sites is 1. The van der Waals surface area contributed by atoms with Crippen LogP contribution in [0.4, 0.5) is 5.69 Å². The number of phenols is 1. The van der Waals surface area contributed by atoms with Crippen LogP contribution in [0.1, 0.15) is 28.8 Å². The first kappa shape index (κ1) is 17.9. The molecule has 2 aromatic rings. The summed E-state index contributed by atoms with van der Waals surface area (Å²) in [5.74, 6) is -1.15. The molecule has 1 aliphatic heterocycles. The fourth-order valence-corrected chi connectivity index (χ4v) is 3.33. The van der Waals surface area contributed by atoms with Gasteiger partial charge in [0.15, 0.2) is 0 Å². The molecular weight excluding hydrogens is 336 g/mol. The Bertz CT molecular complexity index is 801. The molecule has 0 radical (unpaired) electrons. The molecule has 1 amide bonds. The van der Waals surface area contributed by atoms with Crippen molar-refractivity contribution in [1.29, 1.82) is 0 Å². The van der Waals surface area contributed by atoms with Gasteiger partial charge in [-0.15, -0.1) is 0 Å². The number of aromatic hydroxyl groups is 1. The van der Waals surface area contributed by atoms with Crippen LogP contribution >= 0.6 is 0 Å². The predicted octanol–water partition coefficient (Wildman–Crippen LogP) is 2.78. The molecule has 7 heteroatoms. The van der Waals surface area contributed by atoms with E-state index in [1.165, 1.54) is 12.1 Å². The molecule has 1 heterocycles. The Hall–Kier alpha value is -2.93. The number of nitrogens with zero attached hydrogens (tertiary/aromatic N) is 1. The van der Waals surface area contributed by atoms with E-state index in [4.69, 9.17) is 4.74 Å². The first-order chi connectivity index (χ1) is 12.5. The molecule has 1 saturated heterocycles. The Balaban J connectivity index is 1.81. The van der Waals surface area contributed by atoms with Crippen LogP contribution in [0.3, 0.4) is 0 Å². The minimum absolute atomic E-state index is 0.102. The van der Waals surface area contributed by atoms with Crippen LogP contribution in [-0.4, -0.2) is 35.7 Å². The zero-order chi connectivity index (χ0) is 18.6. The molecule has 2 aromatic carbocycles. The number of nitrogens with one attached hydrogen (secondary N) is 1. The summed E-state index contributed by atoms with van der Waals surface area (Å²) >= 11 is 0. The van der Waals surface area contributed by atoms with Gasteiger partial charge in [0.25, 0.3) is 5.91 Å². The van der Waals surface area contributed by atoms with Crippen LogP contribution in [0.5, 0.6) is 5.75 Å². The normalized spacial score (nSPS) is 16.0. The number of carbonyl (C=O) groups is 1. The van der Waals surface area contributed by atoms with Gasteiger partial charge in [0.2, 0.25) is 5.75 Å². The van der Waals surface area contributed by atoms with Gasteiger partial charge in [0, 0.05) is 31.2 Å². The van der Waals surface area contributed by atoms with Gasteiger partial charge in [-0.3, -0.25) is 14.9 Å². The molecule has 3 rings (SSSR count). The Kier molecular flexibility index (Phi) is 5.18. The number of benzene rings is 2. The van der Waals surface area contributed by atoms with E-state index in [1.54, 1.807) is 0 Å². The van der Waals surface area contributed by atoms with E-state index in [2.05, 4.69) is 5.32 Å². The first-order valence-electron chi connectivity index (χ1n) is 8.41. The van der Waals surface area contributed by atoms with Gasteiger partial charge in [0.1, 0.15) is 0 Å². The largest absolute Gasteiger partial charge is 0.502 e. The zero-order valence-electron chi connectivity index (χ0n) is 14.2. The van der Waals surface area contributed by atoms with E-state index in [1.807, 2.05) is 30.3 Å². The summed E-state index contributed by atoms with van der Waals surface area (Å²) in [6.45, 7) is 1.57. The van der Waals surface area contributed by atoms with Gasteiger partial charge in [-0.25, -0.2) is 0 Å². The van der Waals surface area contributed by atoms with Crippen LogP contribution in [0.15, 0.2) is 48.5 Å². The highest BCUT2D eigenvalue weighted by molar-refractivity contribution is 5.98. The van der Waals surface area contributed by atoms with Crippen LogP contribution in [0, 0.1) is 10.1 Å². The number of carbonyl (C=O) groups excluding carboxylic acids is 1. The lowest BCUT2D eigenvalue weighted by Gasteiger charge is -2.38. The zero-order valence-corrected chi connectivity index (χ0v) is 14.2. The number of amides is 1. The van der Waals surface area contributed by atoms with Crippen molar-refractivity contribution in [3.8, 4) is 5.75 Å². The van der Waals surface area contributed by atoms with Crippen LogP contribution in [0.25, 0.3) is 0 Å². The van der Waals surface area contributed by atoms with E-state index in [-0.39, 0.29) is 11.0 Å². The summed E-state index contributed by atoms with van der Waals surface area (Å²) < 4.78 is 5.47. The highest BCUT2D eigenvalue weighted by Crippen LogP contribution is 2.35. The van der Waals surface area contributed by atoms with Gasteiger partial charge < -0.3 is 15.2 Å². The second kappa shape index (κ2) is 7.53. The van der Waals surface area contributed by atoms with Gasteiger partial charge in [-0.1, -0.05) is 36.4 Å². The summed E-state index contributed by atoms with van der Waals surface area (Å²) in [7, 11) is 0. The Labute approximate surface area is 150 Å². The fraction of sp³-hybridized carbons (Fsp3) is 0.316. The maximum absolute atomic E-state index is 12.5. The molecule has 2 N–H and O–H groups in total. The summed E-state index contributed by atoms with van der Waals surface area (Å²) in [6, 6.07) is 13.8. The molecule has 0 aliphatic carbocycles. The molecule has 0 aromatic heterocycles. The minimum atomic E-state index is -0.712. The standard InChI is InChI=1S/C19H20N2O5/c22-17-15(7-4-8-16(17)21(24)25)18(23)20-13-19(9-11-26-12-10-19)14-5-2-1-3-6-14/h1-8,22H,9-13H2,(H,20,23). The SMILES string of the molecule is O=C(NCC1(c2ccccc2)CCOCC1)c1cccc([N+](=O)[O-])c1O. The molecule has 26 heavy (non-hydrogen) atoms. The molecule has 136 valence electrons. The van der Waals surface area contributed by atoms with Crippen molar-refractivity contribution in [2.45, 2.75) is 18.3 Å². The fourth-order valence-electron chi connectivity index (χ4n) is 3.33. The highest BCUT2D eigenvalue weighted by atomic mass is 16.6. The quantitative estimate of drug-likeness (QED) is 0.633. The lowest BCUT2D eigenvalue weighted by Crippen LogP contribution is -2.44. The van der Waals surface area contributed by atoms with Crippen molar-refractivity contribution < 1.29 is 19.6 Å². The molecular formula is C19H20N2O5. The Morgan fingerprint density at radius 3 is 2.50 bits per heavy atom. The van der Waals surface area contributed by atoms with Crippen molar-refractivity contribution in [3.63, 3.8) is 0 Å². The van der Waals surface area contributed by atoms with E-state index in [9.17, 15) is 20.0 Å².